The molecule has 0 saturated heterocycles. The Hall–Kier alpha value is -3.12. The number of benzene rings is 3. The summed E-state index contributed by atoms with van der Waals surface area (Å²) in [6, 6.07) is 28.9. The van der Waals surface area contributed by atoms with Crippen LogP contribution < -0.4 is 0 Å². The van der Waals surface area contributed by atoms with Gasteiger partial charge in [0, 0.05) is 0 Å². The van der Waals surface area contributed by atoms with Crippen molar-refractivity contribution >= 4 is 17.2 Å². The van der Waals surface area contributed by atoms with Crippen LogP contribution in [0.4, 0.5) is 0 Å². The largest absolute Gasteiger partial charge is 0.0984 e. The van der Waals surface area contributed by atoms with Crippen LogP contribution in [0.15, 0.2) is 97.6 Å². The molecule has 0 fully saturated rings. The summed E-state index contributed by atoms with van der Waals surface area (Å²) in [5.74, 6) is 0. The standard InChI is InChI=1S/C24H19/c1-3-19-13-11-12-18-23(19)24(21-16-9-6-10-17-21)22(4-2)20-14-7-5-8-15-20/h1,3-18H,2H2/b3-1?,24-22-. The molecule has 0 aromatic heterocycles. The van der Waals surface area contributed by atoms with E-state index < -0.39 is 0 Å². The molecule has 0 atom stereocenters. The lowest BCUT2D eigenvalue weighted by molar-refractivity contribution is 1.51. The van der Waals surface area contributed by atoms with Crippen LogP contribution in [0.5, 0.6) is 0 Å². The van der Waals surface area contributed by atoms with Gasteiger partial charge in [0.2, 0.25) is 0 Å². The van der Waals surface area contributed by atoms with Gasteiger partial charge >= 0.3 is 0 Å². The summed E-state index contributed by atoms with van der Waals surface area (Å²) in [7, 11) is 0. The predicted molar refractivity (Wildman–Crippen MR) is 104 cm³/mol. The van der Waals surface area contributed by atoms with Crippen LogP contribution in [-0.4, -0.2) is 0 Å². The third-order valence-electron chi connectivity index (χ3n) is 4.03. The molecule has 3 rings (SSSR count). The topological polar surface area (TPSA) is 0 Å². The number of hydrogen-bond donors (Lipinski definition) is 0. The summed E-state index contributed by atoms with van der Waals surface area (Å²) in [5.41, 5.74) is 6.62. The van der Waals surface area contributed by atoms with Gasteiger partial charge in [-0.05, 0) is 33.4 Å². The van der Waals surface area contributed by atoms with Crippen molar-refractivity contribution in [3.63, 3.8) is 0 Å². The Morgan fingerprint density at radius 3 is 1.83 bits per heavy atom. The number of allylic oxidation sites excluding steroid dienone is 2. The molecular weight excluding hydrogens is 288 g/mol. The van der Waals surface area contributed by atoms with Crippen molar-refractivity contribution in [2.75, 3.05) is 0 Å². The highest BCUT2D eigenvalue weighted by atomic mass is 14.2. The van der Waals surface area contributed by atoms with E-state index in [4.69, 9.17) is 6.58 Å². The first-order valence-corrected chi connectivity index (χ1v) is 7.97. The van der Waals surface area contributed by atoms with E-state index in [1.807, 2.05) is 48.5 Å². The van der Waals surface area contributed by atoms with Crippen molar-refractivity contribution in [1.82, 2.24) is 0 Å². The minimum atomic E-state index is 1.01. The second kappa shape index (κ2) is 7.43. The molecule has 0 unspecified atom stereocenters. The predicted octanol–water partition coefficient (Wildman–Crippen LogP) is 6.28. The van der Waals surface area contributed by atoms with E-state index >= 15 is 0 Å². The van der Waals surface area contributed by atoms with Crippen LogP contribution >= 0.6 is 0 Å². The summed E-state index contributed by atoms with van der Waals surface area (Å²) >= 11 is 0. The Morgan fingerprint density at radius 2 is 1.25 bits per heavy atom. The summed E-state index contributed by atoms with van der Waals surface area (Å²) < 4.78 is 0. The normalized spacial score (nSPS) is 11.5. The highest BCUT2D eigenvalue weighted by molar-refractivity contribution is 6.03. The fraction of sp³-hybridized carbons (Fsp3) is 0. The molecule has 1 radical (unpaired) electrons. The highest BCUT2D eigenvalue weighted by Crippen LogP contribution is 2.34. The van der Waals surface area contributed by atoms with E-state index in [-0.39, 0.29) is 0 Å². The van der Waals surface area contributed by atoms with Gasteiger partial charge in [-0.3, -0.25) is 0 Å². The molecule has 0 aliphatic carbocycles. The maximum atomic E-state index is 5.87. The highest BCUT2D eigenvalue weighted by Gasteiger charge is 2.13. The summed E-state index contributed by atoms with van der Waals surface area (Å²) in [4.78, 5) is 0. The third kappa shape index (κ3) is 3.13. The van der Waals surface area contributed by atoms with Crippen molar-refractivity contribution in [3.8, 4) is 0 Å². The molecule has 0 N–H and O–H groups in total. The van der Waals surface area contributed by atoms with Crippen LogP contribution in [0.25, 0.3) is 17.2 Å². The SMILES string of the molecule is [CH]=Cc1ccccc1/C(=C(/C=C)c1ccccc1)c1ccccc1. The van der Waals surface area contributed by atoms with Crippen molar-refractivity contribution in [2.24, 2.45) is 0 Å². The van der Waals surface area contributed by atoms with Crippen LogP contribution in [-0.2, 0) is 0 Å². The second-order valence-electron chi connectivity index (χ2n) is 5.48. The number of hydrogen-bond acceptors (Lipinski definition) is 0. The van der Waals surface area contributed by atoms with E-state index in [0.29, 0.717) is 0 Å². The van der Waals surface area contributed by atoms with E-state index in [0.717, 1.165) is 33.4 Å². The quantitative estimate of drug-likeness (QED) is 0.384. The molecule has 0 heterocycles. The monoisotopic (exact) mass is 307 g/mol. The molecule has 115 valence electrons. The zero-order valence-electron chi connectivity index (χ0n) is 13.5. The molecule has 3 aromatic carbocycles. The lowest BCUT2D eigenvalue weighted by Crippen LogP contribution is -1.96. The maximum Gasteiger partial charge on any atom is -0.00270 e. The lowest BCUT2D eigenvalue weighted by Gasteiger charge is -2.16. The van der Waals surface area contributed by atoms with Gasteiger partial charge in [-0.25, -0.2) is 0 Å². The molecule has 0 saturated carbocycles. The van der Waals surface area contributed by atoms with Crippen molar-refractivity contribution in [1.29, 1.82) is 0 Å². The summed E-state index contributed by atoms with van der Waals surface area (Å²) in [6.07, 6.45) is 3.58. The Morgan fingerprint density at radius 1 is 0.708 bits per heavy atom. The van der Waals surface area contributed by atoms with Crippen LogP contribution in [0.1, 0.15) is 22.3 Å². The molecule has 0 aliphatic rings. The van der Waals surface area contributed by atoms with Gasteiger partial charge in [0.15, 0.2) is 0 Å². The van der Waals surface area contributed by atoms with Gasteiger partial charge in [-0.2, -0.15) is 0 Å². The van der Waals surface area contributed by atoms with Gasteiger partial charge in [-0.15, -0.1) is 0 Å². The Bertz CT molecular complexity index is 868. The van der Waals surface area contributed by atoms with E-state index in [9.17, 15) is 0 Å². The van der Waals surface area contributed by atoms with Gasteiger partial charge in [-0.1, -0.05) is 110 Å². The van der Waals surface area contributed by atoms with E-state index in [2.05, 4.69) is 49.0 Å². The minimum Gasteiger partial charge on any atom is -0.0984 e. The summed E-state index contributed by atoms with van der Waals surface area (Å²) in [6.45, 7) is 9.94. The average molecular weight is 307 g/mol. The third-order valence-corrected chi connectivity index (χ3v) is 4.03. The fourth-order valence-corrected chi connectivity index (χ4v) is 2.91. The van der Waals surface area contributed by atoms with Crippen molar-refractivity contribution < 1.29 is 0 Å². The molecule has 3 aromatic rings. The zero-order valence-corrected chi connectivity index (χ0v) is 13.5. The molecule has 0 aliphatic heterocycles. The number of rotatable bonds is 5. The molecule has 0 bridgehead atoms. The van der Waals surface area contributed by atoms with E-state index in [1.54, 1.807) is 6.08 Å². The Balaban J connectivity index is 2.36. The first kappa shape index (κ1) is 15.8. The van der Waals surface area contributed by atoms with Gasteiger partial charge in [0.1, 0.15) is 0 Å². The molecule has 24 heavy (non-hydrogen) atoms. The smallest absolute Gasteiger partial charge is 0.00270 e. The first-order chi connectivity index (χ1) is 11.8. The molecule has 0 nitrogen and oxygen atoms in total. The summed E-state index contributed by atoms with van der Waals surface area (Å²) in [5, 5.41) is 0. The maximum absolute atomic E-state index is 5.87. The van der Waals surface area contributed by atoms with Crippen LogP contribution in [0.2, 0.25) is 0 Å². The molecule has 0 spiro atoms. The van der Waals surface area contributed by atoms with Crippen LogP contribution in [0, 0.1) is 6.58 Å². The lowest BCUT2D eigenvalue weighted by atomic mass is 9.87. The van der Waals surface area contributed by atoms with Crippen molar-refractivity contribution in [3.05, 3.63) is 126 Å². The van der Waals surface area contributed by atoms with Crippen LogP contribution in [0.3, 0.4) is 0 Å². The molecule has 0 amide bonds. The second-order valence-corrected chi connectivity index (χ2v) is 5.48. The molecule has 0 heteroatoms. The molecular formula is C24H19. The van der Waals surface area contributed by atoms with Gasteiger partial charge < -0.3 is 0 Å². The Kier molecular flexibility index (Phi) is 4.88. The van der Waals surface area contributed by atoms with E-state index in [1.165, 1.54) is 0 Å². The fourth-order valence-electron chi connectivity index (χ4n) is 2.91. The average Bonchev–Trinajstić information content (AvgIpc) is 2.67. The van der Waals surface area contributed by atoms with Gasteiger partial charge in [0.05, 0.1) is 0 Å². The van der Waals surface area contributed by atoms with Gasteiger partial charge in [0.25, 0.3) is 0 Å². The first-order valence-electron chi connectivity index (χ1n) is 7.97. The minimum absolute atomic E-state index is 1.01. The zero-order chi connectivity index (χ0) is 16.8. The van der Waals surface area contributed by atoms with Crippen molar-refractivity contribution in [2.45, 2.75) is 0 Å². The Labute approximate surface area is 144 Å².